The molecule has 2 aromatic rings. The molecule has 6 heteroatoms. The molecule has 0 aromatic heterocycles. The maximum Gasteiger partial charge on any atom is 0.322 e. The van der Waals surface area contributed by atoms with Crippen LogP contribution in [0.2, 0.25) is 5.02 Å². The van der Waals surface area contributed by atoms with Crippen molar-refractivity contribution in [2.75, 3.05) is 11.9 Å². The van der Waals surface area contributed by atoms with E-state index in [1.807, 2.05) is 42.2 Å². The van der Waals surface area contributed by atoms with Crippen molar-refractivity contribution in [3.8, 4) is 0 Å². The van der Waals surface area contributed by atoms with Crippen molar-refractivity contribution in [1.29, 1.82) is 0 Å². The molecule has 4 rings (SSSR count). The minimum Gasteiger partial charge on any atom is -0.349 e. The third-order valence-electron chi connectivity index (χ3n) is 5.43. The number of hydrogen-bond donors (Lipinski definition) is 2. The first-order valence-corrected chi connectivity index (χ1v) is 10.1. The van der Waals surface area contributed by atoms with E-state index in [2.05, 4.69) is 10.6 Å². The van der Waals surface area contributed by atoms with Crippen molar-refractivity contribution in [2.45, 2.75) is 44.7 Å². The minimum absolute atomic E-state index is 0.0321. The quantitative estimate of drug-likeness (QED) is 0.769. The largest absolute Gasteiger partial charge is 0.349 e. The van der Waals surface area contributed by atoms with Gasteiger partial charge in [-0.3, -0.25) is 4.79 Å². The van der Waals surface area contributed by atoms with E-state index in [1.54, 1.807) is 12.1 Å². The summed E-state index contributed by atoms with van der Waals surface area (Å²) < 4.78 is 0. The third-order valence-corrected chi connectivity index (χ3v) is 5.78. The van der Waals surface area contributed by atoms with Gasteiger partial charge in [-0.1, -0.05) is 35.9 Å². The van der Waals surface area contributed by atoms with Crippen LogP contribution in [-0.4, -0.2) is 29.4 Å². The molecule has 0 unspecified atom stereocenters. The molecular weight excluding hydrogens is 374 g/mol. The molecule has 5 nitrogen and oxygen atoms in total. The van der Waals surface area contributed by atoms with Gasteiger partial charge in [-0.2, -0.15) is 0 Å². The van der Waals surface area contributed by atoms with E-state index < -0.39 is 0 Å². The highest BCUT2D eigenvalue weighted by atomic mass is 35.5. The highest BCUT2D eigenvalue weighted by Gasteiger charge is 2.31. The Balaban J connectivity index is 1.51. The number of likely N-dealkylation sites (tertiary alicyclic amines) is 1. The summed E-state index contributed by atoms with van der Waals surface area (Å²) in [5.74, 6) is -0.0897. The molecule has 2 fully saturated rings. The number of urea groups is 1. The van der Waals surface area contributed by atoms with Gasteiger partial charge in [-0.15, -0.1) is 0 Å². The molecule has 2 aliphatic rings. The second kappa shape index (κ2) is 7.84. The summed E-state index contributed by atoms with van der Waals surface area (Å²) in [6, 6.07) is 13.2. The molecule has 2 aromatic carbocycles. The Morgan fingerprint density at radius 2 is 1.89 bits per heavy atom. The van der Waals surface area contributed by atoms with Gasteiger partial charge in [-0.25, -0.2) is 4.79 Å². The summed E-state index contributed by atoms with van der Waals surface area (Å²) in [7, 11) is 0. The topological polar surface area (TPSA) is 61.4 Å². The van der Waals surface area contributed by atoms with E-state index in [0.29, 0.717) is 28.9 Å². The molecule has 1 aliphatic carbocycles. The summed E-state index contributed by atoms with van der Waals surface area (Å²) in [6.45, 7) is 2.61. The normalized spacial score (nSPS) is 18.8. The number of anilines is 1. The van der Waals surface area contributed by atoms with Gasteiger partial charge in [0.05, 0.1) is 6.04 Å². The van der Waals surface area contributed by atoms with Crippen LogP contribution in [0.25, 0.3) is 0 Å². The van der Waals surface area contributed by atoms with E-state index in [-0.39, 0.29) is 18.0 Å². The molecule has 1 saturated carbocycles. The van der Waals surface area contributed by atoms with Gasteiger partial charge in [0.15, 0.2) is 0 Å². The molecule has 3 amide bonds. The van der Waals surface area contributed by atoms with Crippen molar-refractivity contribution < 1.29 is 9.59 Å². The van der Waals surface area contributed by atoms with Crippen LogP contribution >= 0.6 is 11.6 Å². The molecule has 1 atom stereocenters. The number of halogens is 1. The van der Waals surface area contributed by atoms with E-state index in [1.165, 1.54) is 0 Å². The molecule has 1 saturated heterocycles. The SMILES string of the molecule is Cc1ccc(C(=O)NC2CC2)cc1NC(=O)N1CCC[C@H]1c1ccccc1Cl. The molecule has 1 heterocycles. The van der Waals surface area contributed by atoms with E-state index in [0.717, 1.165) is 36.8 Å². The molecular formula is C22H24ClN3O2. The van der Waals surface area contributed by atoms with Gasteiger partial charge in [0, 0.05) is 28.9 Å². The zero-order valence-corrected chi connectivity index (χ0v) is 16.6. The van der Waals surface area contributed by atoms with E-state index in [4.69, 9.17) is 11.6 Å². The summed E-state index contributed by atoms with van der Waals surface area (Å²) >= 11 is 6.36. The summed E-state index contributed by atoms with van der Waals surface area (Å²) in [4.78, 5) is 27.2. The molecule has 0 spiro atoms. The number of benzene rings is 2. The van der Waals surface area contributed by atoms with Crippen LogP contribution in [0.1, 0.15) is 53.2 Å². The zero-order chi connectivity index (χ0) is 19.7. The second-order valence-corrected chi connectivity index (χ2v) is 7.99. The van der Waals surface area contributed by atoms with E-state index in [9.17, 15) is 9.59 Å². The van der Waals surface area contributed by atoms with Crippen LogP contribution in [0.5, 0.6) is 0 Å². The smallest absolute Gasteiger partial charge is 0.322 e. The highest BCUT2D eigenvalue weighted by molar-refractivity contribution is 6.31. The van der Waals surface area contributed by atoms with Crippen molar-refractivity contribution in [2.24, 2.45) is 0 Å². The molecule has 146 valence electrons. The first-order valence-electron chi connectivity index (χ1n) is 9.76. The van der Waals surface area contributed by atoms with Crippen LogP contribution in [0.15, 0.2) is 42.5 Å². The van der Waals surface area contributed by atoms with Crippen LogP contribution in [0.3, 0.4) is 0 Å². The van der Waals surface area contributed by atoms with Crippen molar-refractivity contribution in [3.05, 3.63) is 64.2 Å². The molecule has 2 N–H and O–H groups in total. The number of aryl methyl sites for hydroxylation is 1. The van der Waals surface area contributed by atoms with Gasteiger partial charge in [0.1, 0.15) is 0 Å². The fourth-order valence-electron chi connectivity index (χ4n) is 3.66. The number of hydrogen-bond acceptors (Lipinski definition) is 2. The van der Waals surface area contributed by atoms with Crippen molar-refractivity contribution >= 4 is 29.2 Å². The average Bonchev–Trinajstić information content (AvgIpc) is 3.36. The predicted octanol–water partition coefficient (Wildman–Crippen LogP) is 4.91. The number of nitrogens with zero attached hydrogens (tertiary/aromatic N) is 1. The maximum atomic E-state index is 13.0. The first kappa shape index (κ1) is 18.8. The zero-order valence-electron chi connectivity index (χ0n) is 15.9. The number of carbonyl (C=O) groups is 2. The van der Waals surface area contributed by atoms with Gasteiger partial charge >= 0.3 is 6.03 Å². The van der Waals surface area contributed by atoms with E-state index >= 15 is 0 Å². The Bertz CT molecular complexity index is 910. The van der Waals surface area contributed by atoms with Gasteiger partial charge in [-0.05, 0) is 61.9 Å². The lowest BCUT2D eigenvalue weighted by Crippen LogP contribution is -2.35. The summed E-state index contributed by atoms with van der Waals surface area (Å²) in [6.07, 6.45) is 3.91. The highest BCUT2D eigenvalue weighted by Crippen LogP contribution is 2.36. The Morgan fingerprint density at radius 3 is 2.64 bits per heavy atom. The lowest BCUT2D eigenvalue weighted by molar-refractivity contribution is 0.0951. The standard InChI is InChI=1S/C22H24ClN3O2/c1-14-8-9-15(21(27)24-16-10-11-16)13-19(14)25-22(28)26-12-4-7-20(26)17-5-2-3-6-18(17)23/h2-3,5-6,8-9,13,16,20H,4,7,10-12H2,1H3,(H,24,27)(H,25,28)/t20-/m0/s1. The Kier molecular flexibility index (Phi) is 5.27. The number of rotatable bonds is 4. The molecule has 28 heavy (non-hydrogen) atoms. The Labute approximate surface area is 170 Å². The molecule has 0 bridgehead atoms. The third kappa shape index (κ3) is 3.99. The summed E-state index contributed by atoms with van der Waals surface area (Å²) in [5.41, 5.74) is 3.13. The van der Waals surface area contributed by atoms with Gasteiger partial charge in [0.25, 0.3) is 5.91 Å². The second-order valence-electron chi connectivity index (χ2n) is 7.58. The maximum absolute atomic E-state index is 13.0. The Hall–Kier alpha value is -2.53. The minimum atomic E-state index is -0.162. The van der Waals surface area contributed by atoms with Gasteiger partial charge in [0.2, 0.25) is 0 Å². The van der Waals surface area contributed by atoms with Crippen LogP contribution in [0.4, 0.5) is 10.5 Å². The van der Waals surface area contributed by atoms with Gasteiger partial charge < -0.3 is 15.5 Å². The Morgan fingerprint density at radius 1 is 1.11 bits per heavy atom. The fraction of sp³-hybridized carbons (Fsp3) is 0.364. The fourth-order valence-corrected chi connectivity index (χ4v) is 3.92. The first-order chi connectivity index (χ1) is 13.5. The van der Waals surface area contributed by atoms with Crippen LogP contribution in [-0.2, 0) is 0 Å². The van der Waals surface area contributed by atoms with Crippen molar-refractivity contribution in [1.82, 2.24) is 10.2 Å². The summed E-state index contributed by atoms with van der Waals surface area (Å²) in [5, 5.41) is 6.67. The van der Waals surface area contributed by atoms with Crippen LogP contribution in [0, 0.1) is 6.92 Å². The number of nitrogens with one attached hydrogen (secondary N) is 2. The average molecular weight is 398 g/mol. The predicted molar refractivity (Wildman–Crippen MR) is 111 cm³/mol. The lowest BCUT2D eigenvalue weighted by Gasteiger charge is -2.26. The number of carbonyl (C=O) groups excluding carboxylic acids is 2. The number of amides is 3. The molecule has 0 radical (unpaired) electrons. The molecule has 1 aliphatic heterocycles. The van der Waals surface area contributed by atoms with Crippen molar-refractivity contribution in [3.63, 3.8) is 0 Å². The lowest BCUT2D eigenvalue weighted by atomic mass is 10.0. The van der Waals surface area contributed by atoms with Crippen LogP contribution < -0.4 is 10.6 Å². The monoisotopic (exact) mass is 397 g/mol.